The quantitative estimate of drug-likeness (QED) is 0.726. The highest BCUT2D eigenvalue weighted by molar-refractivity contribution is 7.22. The average molecular weight is 290 g/mol. The Hall–Kier alpha value is -1.99. The largest absolute Gasteiger partial charge is 0.385 e. The monoisotopic (exact) mass is 290 g/mol. The Morgan fingerprint density at radius 2 is 2.25 bits per heavy atom. The zero-order valence-electron chi connectivity index (χ0n) is 11.0. The van der Waals surface area contributed by atoms with Gasteiger partial charge in [-0.1, -0.05) is 16.5 Å². The number of aromatic nitrogens is 3. The van der Waals surface area contributed by atoms with Crippen molar-refractivity contribution in [3.05, 3.63) is 24.0 Å². The van der Waals surface area contributed by atoms with Crippen LogP contribution in [0.25, 0.3) is 21.7 Å². The van der Waals surface area contributed by atoms with Gasteiger partial charge in [0, 0.05) is 25.7 Å². The van der Waals surface area contributed by atoms with Gasteiger partial charge in [-0.15, -0.1) is 0 Å². The van der Waals surface area contributed by atoms with E-state index in [0.717, 1.165) is 28.6 Å². The molecule has 0 bridgehead atoms. The maximum atomic E-state index is 5.70. The number of thiazole rings is 1. The Bertz CT molecular complexity index is 722. The molecule has 0 atom stereocenters. The summed E-state index contributed by atoms with van der Waals surface area (Å²) in [6, 6.07) is 5.79. The molecule has 2 aromatic heterocycles. The SMILES string of the molecule is COCCCc1noc(-c2ccc3nc(N)sc3c2)n1. The highest BCUT2D eigenvalue weighted by Gasteiger charge is 2.10. The number of rotatable bonds is 5. The van der Waals surface area contributed by atoms with E-state index in [1.165, 1.54) is 11.3 Å². The van der Waals surface area contributed by atoms with Crippen LogP contribution in [0.5, 0.6) is 0 Å². The lowest BCUT2D eigenvalue weighted by Gasteiger charge is -1.94. The van der Waals surface area contributed by atoms with Crippen LogP contribution in [0.1, 0.15) is 12.2 Å². The van der Waals surface area contributed by atoms with Gasteiger partial charge < -0.3 is 15.0 Å². The van der Waals surface area contributed by atoms with Gasteiger partial charge in [0.05, 0.1) is 10.2 Å². The van der Waals surface area contributed by atoms with Gasteiger partial charge in [-0.3, -0.25) is 0 Å². The van der Waals surface area contributed by atoms with Gasteiger partial charge in [-0.25, -0.2) is 4.98 Å². The molecule has 0 radical (unpaired) electrons. The van der Waals surface area contributed by atoms with Crippen LogP contribution in [0.4, 0.5) is 5.13 Å². The molecule has 3 aromatic rings. The van der Waals surface area contributed by atoms with Crippen molar-refractivity contribution in [3.8, 4) is 11.5 Å². The molecule has 104 valence electrons. The molecule has 0 aliphatic rings. The smallest absolute Gasteiger partial charge is 0.257 e. The van der Waals surface area contributed by atoms with Crippen LogP contribution < -0.4 is 5.73 Å². The first kappa shape index (κ1) is 13.0. The van der Waals surface area contributed by atoms with Gasteiger partial charge in [0.15, 0.2) is 11.0 Å². The third-order valence-corrected chi connectivity index (χ3v) is 3.72. The van der Waals surface area contributed by atoms with E-state index in [2.05, 4.69) is 15.1 Å². The van der Waals surface area contributed by atoms with E-state index in [1.807, 2.05) is 18.2 Å². The van der Waals surface area contributed by atoms with Crippen LogP contribution >= 0.6 is 11.3 Å². The van der Waals surface area contributed by atoms with Gasteiger partial charge in [-0.2, -0.15) is 4.98 Å². The maximum absolute atomic E-state index is 5.70. The molecule has 6 nitrogen and oxygen atoms in total. The van der Waals surface area contributed by atoms with Crippen LogP contribution in [0.2, 0.25) is 0 Å². The van der Waals surface area contributed by atoms with Crippen molar-refractivity contribution < 1.29 is 9.26 Å². The summed E-state index contributed by atoms with van der Waals surface area (Å²) in [6.45, 7) is 0.690. The molecule has 0 saturated carbocycles. The van der Waals surface area contributed by atoms with Gasteiger partial charge in [0.2, 0.25) is 0 Å². The van der Waals surface area contributed by atoms with Crippen LogP contribution in [-0.2, 0) is 11.2 Å². The summed E-state index contributed by atoms with van der Waals surface area (Å²) in [7, 11) is 1.68. The summed E-state index contributed by atoms with van der Waals surface area (Å²) < 4.78 is 11.3. The van der Waals surface area contributed by atoms with E-state index in [-0.39, 0.29) is 0 Å². The fourth-order valence-electron chi connectivity index (χ4n) is 1.92. The van der Waals surface area contributed by atoms with Crippen molar-refractivity contribution in [1.29, 1.82) is 0 Å². The molecule has 0 aliphatic heterocycles. The summed E-state index contributed by atoms with van der Waals surface area (Å²) in [5.41, 5.74) is 7.46. The van der Waals surface area contributed by atoms with Gasteiger partial charge in [0.25, 0.3) is 5.89 Å². The Kier molecular flexibility index (Phi) is 3.62. The van der Waals surface area contributed by atoms with E-state index in [9.17, 15) is 0 Å². The number of ether oxygens (including phenoxy) is 1. The minimum absolute atomic E-state index is 0.520. The number of fused-ring (bicyclic) bond motifs is 1. The van der Waals surface area contributed by atoms with Crippen LogP contribution in [0.15, 0.2) is 22.7 Å². The minimum atomic E-state index is 0.520. The van der Waals surface area contributed by atoms with Crippen molar-refractivity contribution in [3.63, 3.8) is 0 Å². The fraction of sp³-hybridized carbons (Fsp3) is 0.308. The second kappa shape index (κ2) is 5.56. The lowest BCUT2D eigenvalue weighted by atomic mass is 10.2. The van der Waals surface area contributed by atoms with Gasteiger partial charge in [-0.05, 0) is 24.6 Å². The molecular formula is C13H14N4O2S. The number of hydrogen-bond donors (Lipinski definition) is 1. The standard InChI is InChI=1S/C13H14N4O2S/c1-18-6-2-3-11-16-12(19-17-11)8-4-5-9-10(7-8)20-13(14)15-9/h4-5,7H,2-3,6H2,1H3,(H2,14,15). The molecule has 20 heavy (non-hydrogen) atoms. The van der Waals surface area contributed by atoms with E-state index in [0.29, 0.717) is 23.5 Å². The second-order valence-electron chi connectivity index (χ2n) is 4.35. The van der Waals surface area contributed by atoms with Crippen molar-refractivity contribution in [1.82, 2.24) is 15.1 Å². The predicted octanol–water partition coefficient (Wildman–Crippen LogP) is 2.51. The van der Waals surface area contributed by atoms with Crippen molar-refractivity contribution >= 4 is 26.7 Å². The maximum Gasteiger partial charge on any atom is 0.257 e. The van der Waals surface area contributed by atoms with Crippen LogP contribution in [-0.4, -0.2) is 28.8 Å². The number of methoxy groups -OCH3 is 1. The molecular weight excluding hydrogens is 276 g/mol. The number of aryl methyl sites for hydroxylation is 1. The summed E-state index contributed by atoms with van der Waals surface area (Å²) in [5, 5.41) is 4.53. The van der Waals surface area contributed by atoms with E-state index < -0.39 is 0 Å². The molecule has 3 rings (SSSR count). The molecule has 0 unspecified atom stereocenters. The highest BCUT2D eigenvalue weighted by atomic mass is 32.1. The zero-order chi connectivity index (χ0) is 13.9. The Morgan fingerprint density at radius 1 is 1.35 bits per heavy atom. The Morgan fingerprint density at radius 3 is 3.10 bits per heavy atom. The molecule has 2 heterocycles. The number of benzene rings is 1. The lowest BCUT2D eigenvalue weighted by Crippen LogP contribution is -1.94. The highest BCUT2D eigenvalue weighted by Crippen LogP contribution is 2.28. The van der Waals surface area contributed by atoms with Gasteiger partial charge >= 0.3 is 0 Å². The molecule has 2 N–H and O–H groups in total. The third kappa shape index (κ3) is 2.63. The number of nitrogens with two attached hydrogens (primary N) is 1. The predicted molar refractivity (Wildman–Crippen MR) is 77.5 cm³/mol. The molecule has 0 spiro atoms. The third-order valence-electron chi connectivity index (χ3n) is 2.87. The first-order chi connectivity index (χ1) is 9.76. The van der Waals surface area contributed by atoms with E-state index >= 15 is 0 Å². The zero-order valence-corrected chi connectivity index (χ0v) is 11.8. The topological polar surface area (TPSA) is 87.1 Å². The number of nitrogen functional groups attached to an aromatic ring is 1. The lowest BCUT2D eigenvalue weighted by molar-refractivity contribution is 0.194. The minimum Gasteiger partial charge on any atom is -0.385 e. The molecule has 0 saturated heterocycles. The molecule has 0 fully saturated rings. The van der Waals surface area contributed by atoms with Crippen molar-refractivity contribution in [2.75, 3.05) is 19.5 Å². The first-order valence-corrected chi connectivity index (χ1v) is 7.06. The molecule has 7 heteroatoms. The second-order valence-corrected chi connectivity index (χ2v) is 5.41. The average Bonchev–Trinajstić information content (AvgIpc) is 3.03. The van der Waals surface area contributed by atoms with Crippen LogP contribution in [0, 0.1) is 0 Å². The number of hydrogen-bond acceptors (Lipinski definition) is 7. The van der Waals surface area contributed by atoms with Crippen molar-refractivity contribution in [2.45, 2.75) is 12.8 Å². The molecule has 1 aromatic carbocycles. The van der Waals surface area contributed by atoms with Gasteiger partial charge in [0.1, 0.15) is 0 Å². The normalized spacial score (nSPS) is 11.2. The Labute approximate surface area is 119 Å². The first-order valence-electron chi connectivity index (χ1n) is 6.24. The molecule has 0 aliphatic carbocycles. The number of nitrogens with zero attached hydrogens (tertiary/aromatic N) is 3. The fourth-order valence-corrected chi connectivity index (χ4v) is 2.70. The summed E-state index contributed by atoms with van der Waals surface area (Å²) in [6.07, 6.45) is 1.62. The van der Waals surface area contributed by atoms with Crippen molar-refractivity contribution in [2.24, 2.45) is 0 Å². The van der Waals surface area contributed by atoms with Crippen LogP contribution in [0.3, 0.4) is 0 Å². The van der Waals surface area contributed by atoms with E-state index in [4.69, 9.17) is 15.0 Å². The summed E-state index contributed by atoms with van der Waals surface area (Å²) in [5.74, 6) is 1.22. The number of anilines is 1. The van der Waals surface area contributed by atoms with E-state index in [1.54, 1.807) is 7.11 Å². The summed E-state index contributed by atoms with van der Waals surface area (Å²) >= 11 is 1.44. The Balaban J connectivity index is 1.83. The summed E-state index contributed by atoms with van der Waals surface area (Å²) in [4.78, 5) is 8.60. The molecule has 0 amide bonds.